The minimum absolute atomic E-state index is 0.0400. The van der Waals surface area contributed by atoms with E-state index in [2.05, 4.69) is 5.10 Å². The first-order valence-electron chi connectivity index (χ1n) is 6.15. The molecule has 20 heavy (non-hydrogen) atoms. The summed E-state index contributed by atoms with van der Waals surface area (Å²) in [7, 11) is 1.87. The molecule has 0 aliphatic carbocycles. The van der Waals surface area contributed by atoms with Crippen molar-refractivity contribution in [3.63, 3.8) is 0 Å². The van der Waals surface area contributed by atoms with E-state index in [9.17, 15) is 9.59 Å². The number of hydrogen-bond acceptors (Lipinski definition) is 4. The number of aliphatic carboxylic acids is 1. The Kier molecular flexibility index (Phi) is 3.02. The number of fused-ring (bicyclic) bond motifs is 3. The molecule has 0 unspecified atom stereocenters. The Bertz CT molecular complexity index is 832. The van der Waals surface area contributed by atoms with Crippen LogP contribution in [0.1, 0.15) is 22.5 Å². The number of Topliss-reactive ketones (excluding diaryl/α,β-unsaturated/α-hetero) is 1. The number of aromatic nitrogens is 2. The van der Waals surface area contributed by atoms with Crippen molar-refractivity contribution in [1.29, 1.82) is 0 Å². The molecule has 0 amide bonds. The Morgan fingerprint density at radius 1 is 1.30 bits per heavy atom. The van der Waals surface area contributed by atoms with Crippen LogP contribution >= 0.6 is 11.3 Å². The molecule has 0 atom stereocenters. The van der Waals surface area contributed by atoms with Crippen molar-refractivity contribution in [2.75, 3.05) is 0 Å². The van der Waals surface area contributed by atoms with Gasteiger partial charge in [0.15, 0.2) is 5.78 Å². The molecule has 3 aromatic rings. The highest BCUT2D eigenvalue weighted by molar-refractivity contribution is 7.21. The molecule has 0 saturated carbocycles. The average Bonchev–Trinajstić information content (AvgIpc) is 2.99. The van der Waals surface area contributed by atoms with E-state index in [0.29, 0.717) is 4.88 Å². The van der Waals surface area contributed by atoms with Gasteiger partial charge in [0.05, 0.1) is 23.0 Å². The largest absolute Gasteiger partial charge is 0.481 e. The van der Waals surface area contributed by atoms with Crippen LogP contribution in [0, 0.1) is 0 Å². The van der Waals surface area contributed by atoms with Gasteiger partial charge in [0.2, 0.25) is 0 Å². The summed E-state index contributed by atoms with van der Waals surface area (Å²) in [6.07, 6.45) is 1.70. The summed E-state index contributed by atoms with van der Waals surface area (Å²) in [5.74, 6) is -1.07. The van der Waals surface area contributed by atoms with Crippen LogP contribution in [0.25, 0.3) is 21.0 Å². The lowest BCUT2D eigenvalue weighted by molar-refractivity contribution is -0.136. The number of hydrogen-bond donors (Lipinski definition) is 1. The van der Waals surface area contributed by atoms with Gasteiger partial charge in [-0.25, -0.2) is 0 Å². The number of aryl methyl sites for hydroxylation is 1. The third-order valence-corrected chi connectivity index (χ3v) is 4.41. The molecule has 1 N–H and O–H groups in total. The smallest absolute Gasteiger partial charge is 0.303 e. The second-order valence-corrected chi connectivity index (χ2v) is 5.69. The summed E-state index contributed by atoms with van der Waals surface area (Å²) >= 11 is 1.40. The highest BCUT2D eigenvalue weighted by Crippen LogP contribution is 2.32. The lowest BCUT2D eigenvalue weighted by Crippen LogP contribution is -2.01. The molecule has 0 aliphatic heterocycles. The van der Waals surface area contributed by atoms with Crippen LogP contribution in [0.3, 0.4) is 0 Å². The highest BCUT2D eigenvalue weighted by Gasteiger charge is 2.14. The summed E-state index contributed by atoms with van der Waals surface area (Å²) in [4.78, 5) is 23.1. The molecule has 0 spiro atoms. The third-order valence-electron chi connectivity index (χ3n) is 3.27. The van der Waals surface area contributed by atoms with Gasteiger partial charge in [-0.2, -0.15) is 5.10 Å². The molecule has 5 nitrogen and oxygen atoms in total. The molecule has 0 saturated heterocycles. The van der Waals surface area contributed by atoms with Gasteiger partial charge in [-0.05, 0) is 18.2 Å². The van der Waals surface area contributed by atoms with Gasteiger partial charge in [-0.3, -0.25) is 14.3 Å². The van der Waals surface area contributed by atoms with Crippen molar-refractivity contribution in [2.24, 2.45) is 7.05 Å². The lowest BCUT2D eigenvalue weighted by atomic mass is 10.1. The summed E-state index contributed by atoms with van der Waals surface area (Å²) in [6.45, 7) is 0. The topological polar surface area (TPSA) is 72.2 Å². The van der Waals surface area contributed by atoms with Gasteiger partial charge in [-0.1, -0.05) is 0 Å². The Hall–Kier alpha value is -2.21. The first-order valence-corrected chi connectivity index (χ1v) is 6.97. The molecule has 0 fully saturated rings. The van der Waals surface area contributed by atoms with Crippen LogP contribution < -0.4 is 0 Å². The molecule has 0 radical (unpaired) electrons. The minimum Gasteiger partial charge on any atom is -0.481 e. The van der Waals surface area contributed by atoms with E-state index in [-0.39, 0.29) is 18.6 Å². The van der Waals surface area contributed by atoms with Crippen LogP contribution in [-0.4, -0.2) is 26.6 Å². The molecule has 102 valence electrons. The first-order chi connectivity index (χ1) is 9.56. The van der Waals surface area contributed by atoms with Crippen molar-refractivity contribution < 1.29 is 14.7 Å². The predicted octanol–water partition coefficient (Wildman–Crippen LogP) is 2.84. The first kappa shape index (κ1) is 12.8. The summed E-state index contributed by atoms with van der Waals surface area (Å²) in [6, 6.07) is 5.79. The zero-order valence-electron chi connectivity index (χ0n) is 10.8. The summed E-state index contributed by atoms with van der Waals surface area (Å²) in [5.41, 5.74) is 1.01. The Morgan fingerprint density at radius 3 is 2.85 bits per heavy atom. The zero-order chi connectivity index (χ0) is 14.3. The van der Waals surface area contributed by atoms with E-state index < -0.39 is 5.97 Å². The number of carboxylic acids is 1. The van der Waals surface area contributed by atoms with E-state index in [1.807, 2.05) is 25.2 Å². The number of ketones is 1. The highest BCUT2D eigenvalue weighted by atomic mass is 32.1. The van der Waals surface area contributed by atoms with E-state index in [4.69, 9.17) is 5.11 Å². The maximum Gasteiger partial charge on any atom is 0.303 e. The molecular formula is C14H12N2O3S. The Labute approximate surface area is 118 Å². The molecule has 0 bridgehead atoms. The second-order valence-electron chi connectivity index (χ2n) is 4.61. The summed E-state index contributed by atoms with van der Waals surface area (Å²) < 4.78 is 2.81. The average molecular weight is 288 g/mol. The normalized spacial score (nSPS) is 11.2. The van der Waals surface area contributed by atoms with Crippen molar-refractivity contribution in [2.45, 2.75) is 12.8 Å². The van der Waals surface area contributed by atoms with Crippen LogP contribution in [0.2, 0.25) is 0 Å². The maximum absolute atomic E-state index is 12.0. The fourth-order valence-electron chi connectivity index (χ4n) is 2.23. The molecule has 2 aromatic heterocycles. The van der Waals surface area contributed by atoms with Crippen LogP contribution in [0.5, 0.6) is 0 Å². The van der Waals surface area contributed by atoms with Crippen molar-refractivity contribution in [1.82, 2.24) is 9.78 Å². The fourth-order valence-corrected chi connectivity index (χ4v) is 3.27. The number of carbonyl (C=O) groups is 2. The SMILES string of the molecule is Cn1ncc2c3cc(C(=O)CCC(=O)O)sc3ccc21. The standard InChI is InChI=1S/C14H12N2O3S/c1-16-10-2-4-12-8(9(10)7-15-16)6-13(20-12)11(17)3-5-14(18)19/h2,4,6-7H,3,5H2,1H3,(H,18,19). The second kappa shape index (κ2) is 4.72. The number of benzene rings is 1. The molecule has 6 heteroatoms. The Morgan fingerprint density at radius 2 is 2.10 bits per heavy atom. The van der Waals surface area contributed by atoms with Crippen LogP contribution in [-0.2, 0) is 11.8 Å². The zero-order valence-corrected chi connectivity index (χ0v) is 11.6. The predicted molar refractivity (Wildman–Crippen MR) is 77.3 cm³/mol. The number of rotatable bonds is 4. The van der Waals surface area contributed by atoms with E-state index in [1.165, 1.54) is 11.3 Å². The molecule has 1 aromatic carbocycles. The number of carbonyl (C=O) groups excluding carboxylic acids is 1. The number of carboxylic acid groups (broad SMARTS) is 1. The van der Waals surface area contributed by atoms with Crippen molar-refractivity contribution in [3.8, 4) is 0 Å². The van der Waals surface area contributed by atoms with E-state index in [0.717, 1.165) is 21.0 Å². The van der Waals surface area contributed by atoms with Gasteiger partial charge >= 0.3 is 5.97 Å². The van der Waals surface area contributed by atoms with Gasteiger partial charge in [0.1, 0.15) is 0 Å². The molecule has 3 rings (SSSR count). The van der Waals surface area contributed by atoms with Crippen LogP contribution in [0.15, 0.2) is 24.4 Å². The molecular weight excluding hydrogens is 276 g/mol. The maximum atomic E-state index is 12.0. The van der Waals surface area contributed by atoms with Gasteiger partial charge < -0.3 is 5.11 Å². The Balaban J connectivity index is 2.04. The van der Waals surface area contributed by atoms with Crippen LogP contribution in [0.4, 0.5) is 0 Å². The molecule has 2 heterocycles. The van der Waals surface area contributed by atoms with Gasteiger partial charge in [0, 0.05) is 28.9 Å². The third kappa shape index (κ3) is 2.08. The number of nitrogens with zero attached hydrogens (tertiary/aromatic N) is 2. The van der Waals surface area contributed by atoms with Crippen molar-refractivity contribution in [3.05, 3.63) is 29.3 Å². The monoisotopic (exact) mass is 288 g/mol. The lowest BCUT2D eigenvalue weighted by Gasteiger charge is -1.94. The van der Waals surface area contributed by atoms with Gasteiger partial charge in [-0.15, -0.1) is 11.3 Å². The van der Waals surface area contributed by atoms with Gasteiger partial charge in [0.25, 0.3) is 0 Å². The quantitative estimate of drug-likeness (QED) is 0.749. The number of thiophene rings is 1. The van der Waals surface area contributed by atoms with Crippen molar-refractivity contribution >= 4 is 44.1 Å². The van der Waals surface area contributed by atoms with E-state index in [1.54, 1.807) is 10.9 Å². The summed E-state index contributed by atoms with van der Waals surface area (Å²) in [5, 5.41) is 14.9. The molecule has 0 aliphatic rings. The minimum atomic E-state index is -0.950. The van der Waals surface area contributed by atoms with E-state index >= 15 is 0 Å². The fraction of sp³-hybridized carbons (Fsp3) is 0.214.